The van der Waals surface area contributed by atoms with Crippen LogP contribution in [0, 0.1) is 12.8 Å². The van der Waals surface area contributed by atoms with Crippen molar-refractivity contribution in [3.63, 3.8) is 0 Å². The van der Waals surface area contributed by atoms with E-state index in [9.17, 15) is 4.79 Å². The molecule has 0 aliphatic carbocycles. The molecule has 4 N–H and O–H groups in total. The number of anilines is 1. The van der Waals surface area contributed by atoms with Gasteiger partial charge in [0.2, 0.25) is 5.91 Å². The molecule has 1 fully saturated rings. The Hall–Kier alpha value is -1.62. The standard InChI is InChI=1S/C14H22N4O/c1-9-6-12(14(15)19)7-13(17-9)18-10(2)11-4-3-5-16-8-11/h6-7,10-11,16H,3-5,8H2,1-2H3,(H2,15,19)(H,17,18). The van der Waals surface area contributed by atoms with E-state index in [1.54, 1.807) is 12.1 Å². The van der Waals surface area contributed by atoms with Crippen LogP contribution in [0.3, 0.4) is 0 Å². The summed E-state index contributed by atoms with van der Waals surface area (Å²) in [5.41, 5.74) is 6.62. The highest BCUT2D eigenvalue weighted by atomic mass is 16.1. The number of hydrogen-bond donors (Lipinski definition) is 3. The summed E-state index contributed by atoms with van der Waals surface area (Å²) in [4.78, 5) is 15.7. The molecule has 0 radical (unpaired) electrons. The smallest absolute Gasteiger partial charge is 0.248 e. The monoisotopic (exact) mass is 262 g/mol. The zero-order chi connectivity index (χ0) is 13.8. The van der Waals surface area contributed by atoms with E-state index >= 15 is 0 Å². The predicted octanol–water partition coefficient (Wildman–Crippen LogP) is 1.29. The number of primary amides is 1. The van der Waals surface area contributed by atoms with Gasteiger partial charge in [0.25, 0.3) is 0 Å². The van der Waals surface area contributed by atoms with Crippen LogP contribution in [0.5, 0.6) is 0 Å². The largest absolute Gasteiger partial charge is 0.367 e. The van der Waals surface area contributed by atoms with Crippen molar-refractivity contribution in [1.29, 1.82) is 0 Å². The molecule has 2 heterocycles. The Morgan fingerprint density at radius 3 is 3.00 bits per heavy atom. The van der Waals surface area contributed by atoms with Crippen molar-refractivity contribution in [3.8, 4) is 0 Å². The van der Waals surface area contributed by atoms with E-state index in [1.165, 1.54) is 12.8 Å². The summed E-state index contributed by atoms with van der Waals surface area (Å²) in [6.45, 7) is 6.16. The number of hydrogen-bond acceptors (Lipinski definition) is 4. The van der Waals surface area contributed by atoms with Gasteiger partial charge >= 0.3 is 0 Å². The molecule has 1 saturated heterocycles. The van der Waals surface area contributed by atoms with Gasteiger partial charge in [-0.25, -0.2) is 4.98 Å². The van der Waals surface area contributed by atoms with Crippen LogP contribution in [0.15, 0.2) is 12.1 Å². The summed E-state index contributed by atoms with van der Waals surface area (Å²) in [5, 5.41) is 6.80. The molecule has 1 aliphatic rings. The van der Waals surface area contributed by atoms with Crippen LogP contribution in [0.2, 0.25) is 0 Å². The number of amides is 1. The lowest BCUT2D eigenvalue weighted by Gasteiger charge is -2.29. The fraction of sp³-hybridized carbons (Fsp3) is 0.571. The molecule has 1 aromatic rings. The molecule has 2 rings (SSSR count). The van der Waals surface area contributed by atoms with Gasteiger partial charge in [0.1, 0.15) is 5.82 Å². The maximum atomic E-state index is 11.2. The zero-order valence-corrected chi connectivity index (χ0v) is 11.6. The van der Waals surface area contributed by atoms with E-state index in [4.69, 9.17) is 5.73 Å². The molecule has 5 heteroatoms. The third-order valence-corrected chi connectivity index (χ3v) is 3.66. The molecular formula is C14H22N4O. The first-order chi connectivity index (χ1) is 9.06. The van der Waals surface area contributed by atoms with Crippen LogP contribution in [-0.4, -0.2) is 30.0 Å². The first-order valence-electron chi connectivity index (χ1n) is 6.82. The lowest BCUT2D eigenvalue weighted by Crippen LogP contribution is -2.39. The number of nitrogens with zero attached hydrogens (tertiary/aromatic N) is 1. The molecular weight excluding hydrogens is 240 g/mol. The van der Waals surface area contributed by atoms with E-state index in [2.05, 4.69) is 22.5 Å². The fourth-order valence-electron chi connectivity index (χ4n) is 2.54. The maximum absolute atomic E-state index is 11.2. The van der Waals surface area contributed by atoms with Crippen molar-refractivity contribution in [2.24, 2.45) is 11.7 Å². The van der Waals surface area contributed by atoms with Gasteiger partial charge in [0, 0.05) is 17.3 Å². The summed E-state index contributed by atoms with van der Waals surface area (Å²) < 4.78 is 0. The Morgan fingerprint density at radius 2 is 2.37 bits per heavy atom. The van der Waals surface area contributed by atoms with Crippen molar-refractivity contribution in [2.45, 2.75) is 32.7 Å². The first kappa shape index (κ1) is 13.8. The topological polar surface area (TPSA) is 80.0 Å². The maximum Gasteiger partial charge on any atom is 0.248 e. The Bertz CT molecular complexity index is 455. The van der Waals surface area contributed by atoms with Crippen molar-refractivity contribution in [2.75, 3.05) is 18.4 Å². The Kier molecular flexibility index (Phi) is 4.37. The molecule has 2 unspecified atom stereocenters. The summed E-state index contributed by atoms with van der Waals surface area (Å²) >= 11 is 0. The molecule has 0 bridgehead atoms. The van der Waals surface area contributed by atoms with E-state index in [1.807, 2.05) is 6.92 Å². The number of aromatic nitrogens is 1. The van der Waals surface area contributed by atoms with Crippen LogP contribution in [0.4, 0.5) is 5.82 Å². The average Bonchev–Trinajstić information content (AvgIpc) is 2.39. The molecule has 0 spiro atoms. The highest BCUT2D eigenvalue weighted by molar-refractivity contribution is 5.93. The van der Waals surface area contributed by atoms with Gasteiger partial charge < -0.3 is 16.4 Å². The SMILES string of the molecule is Cc1cc(C(N)=O)cc(NC(C)C2CCCNC2)n1. The van der Waals surface area contributed by atoms with Crippen molar-refractivity contribution in [3.05, 3.63) is 23.4 Å². The van der Waals surface area contributed by atoms with Crippen LogP contribution < -0.4 is 16.4 Å². The molecule has 104 valence electrons. The number of piperidine rings is 1. The minimum Gasteiger partial charge on any atom is -0.367 e. The van der Waals surface area contributed by atoms with Crippen LogP contribution in [0.25, 0.3) is 0 Å². The third-order valence-electron chi connectivity index (χ3n) is 3.66. The highest BCUT2D eigenvalue weighted by Crippen LogP contribution is 2.18. The Labute approximate surface area is 114 Å². The third kappa shape index (κ3) is 3.67. The van der Waals surface area contributed by atoms with Gasteiger partial charge in [0.05, 0.1) is 0 Å². The quantitative estimate of drug-likeness (QED) is 0.764. The average molecular weight is 262 g/mol. The molecule has 1 aliphatic heterocycles. The van der Waals surface area contributed by atoms with Gasteiger partial charge in [-0.2, -0.15) is 0 Å². The van der Waals surface area contributed by atoms with Crippen molar-refractivity contribution >= 4 is 11.7 Å². The second-order valence-electron chi connectivity index (χ2n) is 5.29. The fourth-order valence-corrected chi connectivity index (χ4v) is 2.54. The molecule has 1 aromatic heterocycles. The Morgan fingerprint density at radius 1 is 1.58 bits per heavy atom. The molecule has 0 aromatic carbocycles. The van der Waals surface area contributed by atoms with Gasteiger partial charge in [-0.3, -0.25) is 4.79 Å². The lowest BCUT2D eigenvalue weighted by atomic mass is 9.93. The first-order valence-corrected chi connectivity index (χ1v) is 6.82. The van der Waals surface area contributed by atoms with Crippen LogP contribution in [-0.2, 0) is 0 Å². The van der Waals surface area contributed by atoms with Crippen LogP contribution in [0.1, 0.15) is 35.8 Å². The summed E-state index contributed by atoms with van der Waals surface area (Å²) in [6, 6.07) is 3.76. The number of carbonyl (C=O) groups is 1. The molecule has 2 atom stereocenters. The van der Waals surface area contributed by atoms with Gasteiger partial charge in [-0.05, 0) is 57.8 Å². The van der Waals surface area contributed by atoms with E-state index in [0.717, 1.165) is 24.6 Å². The van der Waals surface area contributed by atoms with E-state index < -0.39 is 5.91 Å². The highest BCUT2D eigenvalue weighted by Gasteiger charge is 2.20. The van der Waals surface area contributed by atoms with Crippen molar-refractivity contribution < 1.29 is 4.79 Å². The summed E-state index contributed by atoms with van der Waals surface area (Å²) in [5.74, 6) is 0.903. The summed E-state index contributed by atoms with van der Waals surface area (Å²) in [6.07, 6.45) is 2.43. The number of nitrogens with two attached hydrogens (primary N) is 1. The number of pyridine rings is 1. The van der Waals surface area contributed by atoms with Gasteiger partial charge in [-0.1, -0.05) is 0 Å². The second kappa shape index (κ2) is 6.02. The van der Waals surface area contributed by atoms with Gasteiger partial charge in [-0.15, -0.1) is 0 Å². The number of aryl methyl sites for hydroxylation is 1. The van der Waals surface area contributed by atoms with E-state index in [-0.39, 0.29) is 0 Å². The normalized spacial score (nSPS) is 20.8. The van der Waals surface area contributed by atoms with Crippen LogP contribution >= 0.6 is 0 Å². The number of carbonyl (C=O) groups excluding carboxylic acids is 1. The zero-order valence-electron chi connectivity index (χ0n) is 11.6. The second-order valence-corrected chi connectivity index (χ2v) is 5.29. The summed E-state index contributed by atoms with van der Waals surface area (Å²) in [7, 11) is 0. The molecule has 1 amide bonds. The molecule has 0 saturated carbocycles. The minimum absolute atomic E-state index is 0.322. The Balaban J connectivity index is 2.07. The predicted molar refractivity (Wildman–Crippen MR) is 76.2 cm³/mol. The number of rotatable bonds is 4. The molecule has 19 heavy (non-hydrogen) atoms. The number of nitrogens with one attached hydrogen (secondary N) is 2. The minimum atomic E-state index is -0.416. The van der Waals surface area contributed by atoms with Gasteiger partial charge in [0.15, 0.2) is 0 Å². The van der Waals surface area contributed by atoms with E-state index in [0.29, 0.717) is 17.5 Å². The molecule has 5 nitrogen and oxygen atoms in total. The van der Waals surface area contributed by atoms with Crippen molar-refractivity contribution in [1.82, 2.24) is 10.3 Å². The lowest BCUT2D eigenvalue weighted by molar-refractivity contribution is 0.1000.